The lowest BCUT2D eigenvalue weighted by Crippen LogP contribution is -2.21. The van der Waals surface area contributed by atoms with Gasteiger partial charge in [0.2, 0.25) is 10.0 Å². The third-order valence-electron chi connectivity index (χ3n) is 3.34. The second-order valence-corrected chi connectivity index (χ2v) is 7.22. The fourth-order valence-electron chi connectivity index (χ4n) is 2.35. The van der Waals surface area contributed by atoms with E-state index in [1.54, 1.807) is 19.1 Å². The van der Waals surface area contributed by atoms with Crippen LogP contribution in [-0.2, 0) is 14.8 Å². The second-order valence-electron chi connectivity index (χ2n) is 5.69. The first-order valence-electron chi connectivity index (χ1n) is 7.29. The number of sulfonamides is 1. The minimum atomic E-state index is -3.84. The molecule has 7 heteroatoms. The van der Waals surface area contributed by atoms with Crippen molar-refractivity contribution in [3.8, 4) is 5.75 Å². The molecular weight excluding hydrogens is 328 g/mol. The Morgan fingerprint density at radius 1 is 1.08 bits per heavy atom. The number of hydrogen-bond acceptors (Lipinski definition) is 4. The van der Waals surface area contributed by atoms with E-state index >= 15 is 0 Å². The molecule has 0 aromatic heterocycles. The standard InChI is InChI=1S/C17H20N2O4S/c1-11-6-12(2)8-15(7-11)23-10-17(20)19-14-5-4-13(3)16(9-14)24(18,21)22/h4-9H,10H2,1-3H3,(H,19,20)(H2,18,21,22). The van der Waals surface area contributed by atoms with Gasteiger partial charge in [0, 0.05) is 5.69 Å². The lowest BCUT2D eigenvalue weighted by Gasteiger charge is -2.10. The van der Waals surface area contributed by atoms with Gasteiger partial charge < -0.3 is 10.1 Å². The molecule has 0 bridgehead atoms. The van der Waals surface area contributed by atoms with E-state index in [2.05, 4.69) is 5.32 Å². The van der Waals surface area contributed by atoms with Gasteiger partial charge in [0.1, 0.15) is 5.75 Å². The minimum absolute atomic E-state index is 0.0180. The average Bonchev–Trinajstić information content (AvgIpc) is 2.45. The van der Waals surface area contributed by atoms with E-state index in [0.29, 0.717) is 17.0 Å². The first-order valence-corrected chi connectivity index (χ1v) is 8.84. The Balaban J connectivity index is 2.05. The molecule has 2 rings (SSSR count). The number of rotatable bonds is 5. The molecule has 3 N–H and O–H groups in total. The molecule has 0 heterocycles. The minimum Gasteiger partial charge on any atom is -0.484 e. The van der Waals surface area contributed by atoms with E-state index in [0.717, 1.165) is 11.1 Å². The third-order valence-corrected chi connectivity index (χ3v) is 4.40. The molecule has 2 aromatic carbocycles. The summed E-state index contributed by atoms with van der Waals surface area (Å²) in [6, 6.07) is 10.2. The van der Waals surface area contributed by atoms with E-state index < -0.39 is 15.9 Å². The molecular formula is C17H20N2O4S. The summed E-state index contributed by atoms with van der Waals surface area (Å²) in [5.74, 6) is 0.218. The lowest BCUT2D eigenvalue weighted by molar-refractivity contribution is -0.118. The quantitative estimate of drug-likeness (QED) is 0.866. The van der Waals surface area contributed by atoms with Gasteiger partial charge in [0.15, 0.2) is 6.61 Å². The maximum absolute atomic E-state index is 12.0. The predicted molar refractivity (Wildman–Crippen MR) is 92.6 cm³/mol. The number of aryl methyl sites for hydroxylation is 3. The van der Waals surface area contributed by atoms with Crippen LogP contribution in [0.4, 0.5) is 5.69 Å². The topological polar surface area (TPSA) is 98.5 Å². The number of benzene rings is 2. The number of nitrogens with one attached hydrogen (secondary N) is 1. The normalized spacial score (nSPS) is 11.2. The molecule has 2 aromatic rings. The highest BCUT2D eigenvalue weighted by Gasteiger charge is 2.13. The first kappa shape index (κ1) is 18.0. The number of anilines is 1. The highest BCUT2D eigenvalue weighted by molar-refractivity contribution is 7.89. The van der Waals surface area contributed by atoms with Crippen molar-refractivity contribution in [2.75, 3.05) is 11.9 Å². The van der Waals surface area contributed by atoms with Crippen LogP contribution in [0, 0.1) is 20.8 Å². The van der Waals surface area contributed by atoms with Crippen LogP contribution in [0.2, 0.25) is 0 Å². The van der Waals surface area contributed by atoms with Gasteiger partial charge in [-0.05, 0) is 61.7 Å². The maximum Gasteiger partial charge on any atom is 0.262 e. The Morgan fingerprint density at radius 3 is 2.29 bits per heavy atom. The summed E-state index contributed by atoms with van der Waals surface area (Å²) in [4.78, 5) is 12.0. The van der Waals surface area contributed by atoms with Gasteiger partial charge in [-0.25, -0.2) is 13.6 Å². The molecule has 0 fully saturated rings. The zero-order valence-corrected chi connectivity index (χ0v) is 14.6. The van der Waals surface area contributed by atoms with Crippen LogP contribution in [0.1, 0.15) is 16.7 Å². The molecule has 128 valence electrons. The Bertz CT molecular complexity index is 856. The van der Waals surface area contributed by atoms with Gasteiger partial charge in [0.05, 0.1) is 4.90 Å². The lowest BCUT2D eigenvalue weighted by atomic mass is 10.1. The summed E-state index contributed by atoms with van der Waals surface area (Å²) in [6.07, 6.45) is 0. The molecule has 0 aliphatic heterocycles. The average molecular weight is 348 g/mol. The van der Waals surface area contributed by atoms with Crippen molar-refractivity contribution in [1.29, 1.82) is 0 Å². The number of carbonyl (C=O) groups is 1. The first-order chi connectivity index (χ1) is 11.1. The van der Waals surface area contributed by atoms with Gasteiger partial charge in [-0.3, -0.25) is 4.79 Å². The number of ether oxygens (including phenoxy) is 1. The molecule has 0 saturated heterocycles. The second kappa shape index (κ2) is 7.02. The molecule has 0 saturated carbocycles. The number of primary sulfonamides is 1. The molecule has 24 heavy (non-hydrogen) atoms. The molecule has 1 amide bonds. The van der Waals surface area contributed by atoms with Gasteiger partial charge in [-0.2, -0.15) is 0 Å². The molecule has 6 nitrogen and oxygen atoms in total. The van der Waals surface area contributed by atoms with Crippen molar-refractivity contribution in [1.82, 2.24) is 0 Å². The fraction of sp³-hybridized carbons (Fsp3) is 0.235. The van der Waals surface area contributed by atoms with Gasteiger partial charge in [-0.15, -0.1) is 0 Å². The Kier molecular flexibility index (Phi) is 5.26. The van der Waals surface area contributed by atoms with Gasteiger partial charge in [-0.1, -0.05) is 12.1 Å². The SMILES string of the molecule is Cc1cc(C)cc(OCC(=O)Nc2ccc(C)c(S(N)(=O)=O)c2)c1. The summed E-state index contributed by atoms with van der Waals surface area (Å²) in [5, 5.41) is 7.75. The fourth-order valence-corrected chi connectivity index (χ4v) is 3.15. The molecule has 0 aliphatic carbocycles. The zero-order valence-electron chi connectivity index (χ0n) is 13.8. The summed E-state index contributed by atoms with van der Waals surface area (Å²) in [7, 11) is -3.84. The van der Waals surface area contributed by atoms with Crippen LogP contribution in [0.3, 0.4) is 0 Å². The van der Waals surface area contributed by atoms with Crippen molar-refractivity contribution in [2.24, 2.45) is 5.14 Å². The van der Waals surface area contributed by atoms with E-state index in [9.17, 15) is 13.2 Å². The highest BCUT2D eigenvalue weighted by atomic mass is 32.2. The molecule has 0 radical (unpaired) electrons. The maximum atomic E-state index is 12.0. The van der Waals surface area contributed by atoms with Crippen LogP contribution in [0.25, 0.3) is 0 Å². The summed E-state index contributed by atoms with van der Waals surface area (Å²) in [5.41, 5.74) is 2.95. The predicted octanol–water partition coefficient (Wildman–Crippen LogP) is 2.28. The van der Waals surface area contributed by atoms with Crippen LogP contribution in [0.15, 0.2) is 41.3 Å². The smallest absolute Gasteiger partial charge is 0.262 e. The van der Waals surface area contributed by atoms with E-state index in [4.69, 9.17) is 9.88 Å². The van der Waals surface area contributed by atoms with Crippen molar-refractivity contribution in [2.45, 2.75) is 25.7 Å². The molecule has 0 spiro atoms. The number of hydrogen-bond donors (Lipinski definition) is 2. The van der Waals surface area contributed by atoms with Crippen molar-refractivity contribution < 1.29 is 17.9 Å². The van der Waals surface area contributed by atoms with Crippen molar-refractivity contribution in [3.63, 3.8) is 0 Å². The Labute approximate surface area is 141 Å². The third kappa shape index (κ3) is 4.81. The van der Waals surface area contributed by atoms with E-state index in [-0.39, 0.29) is 11.5 Å². The van der Waals surface area contributed by atoms with Gasteiger partial charge >= 0.3 is 0 Å². The van der Waals surface area contributed by atoms with Crippen LogP contribution in [0.5, 0.6) is 5.75 Å². The van der Waals surface area contributed by atoms with Crippen molar-refractivity contribution in [3.05, 3.63) is 53.1 Å². The molecule has 0 atom stereocenters. The van der Waals surface area contributed by atoms with Crippen molar-refractivity contribution >= 4 is 21.6 Å². The largest absolute Gasteiger partial charge is 0.484 e. The zero-order chi connectivity index (χ0) is 17.9. The summed E-state index contributed by atoms with van der Waals surface area (Å²) < 4.78 is 28.5. The number of carbonyl (C=O) groups excluding carboxylic acids is 1. The highest BCUT2D eigenvalue weighted by Crippen LogP contribution is 2.19. The van der Waals surface area contributed by atoms with E-state index in [1.165, 1.54) is 6.07 Å². The van der Waals surface area contributed by atoms with Crippen LogP contribution in [-0.4, -0.2) is 20.9 Å². The summed E-state index contributed by atoms with van der Waals surface area (Å²) >= 11 is 0. The molecule has 0 unspecified atom stereocenters. The Morgan fingerprint density at radius 2 is 1.71 bits per heavy atom. The summed E-state index contributed by atoms with van der Waals surface area (Å²) in [6.45, 7) is 5.35. The van der Waals surface area contributed by atoms with Gasteiger partial charge in [0.25, 0.3) is 5.91 Å². The van der Waals surface area contributed by atoms with Crippen LogP contribution < -0.4 is 15.2 Å². The van der Waals surface area contributed by atoms with Crippen LogP contribution >= 0.6 is 0 Å². The monoisotopic (exact) mass is 348 g/mol. The Hall–Kier alpha value is -2.38. The van der Waals surface area contributed by atoms with E-state index in [1.807, 2.05) is 32.0 Å². The number of amides is 1. The number of nitrogens with two attached hydrogens (primary N) is 1. The molecule has 0 aliphatic rings.